The van der Waals surface area contributed by atoms with Gasteiger partial charge in [-0.15, -0.1) is 0 Å². The van der Waals surface area contributed by atoms with Crippen molar-refractivity contribution in [3.05, 3.63) is 77.3 Å². The van der Waals surface area contributed by atoms with E-state index in [2.05, 4.69) is 4.18 Å². The average molecular weight is 351 g/mol. The Bertz CT molecular complexity index is 867. The zero-order valence-corrected chi connectivity index (χ0v) is 13.2. The van der Waals surface area contributed by atoms with Crippen LogP contribution in [0.1, 0.15) is 17.4 Å². The first-order chi connectivity index (χ1) is 11.4. The van der Waals surface area contributed by atoms with Crippen molar-refractivity contribution in [1.82, 2.24) is 0 Å². The van der Waals surface area contributed by atoms with Crippen molar-refractivity contribution in [2.24, 2.45) is 5.14 Å². The highest BCUT2D eigenvalue weighted by Gasteiger charge is 2.31. The smallest absolute Gasteiger partial charge is 0.333 e. The van der Waals surface area contributed by atoms with Gasteiger partial charge in [0.25, 0.3) is 6.29 Å². The predicted octanol–water partition coefficient (Wildman–Crippen LogP) is 2.46. The zero-order valence-electron chi connectivity index (χ0n) is 12.4. The molecule has 0 bridgehead atoms. The highest BCUT2D eigenvalue weighted by molar-refractivity contribution is 7.84. The van der Waals surface area contributed by atoms with Crippen molar-refractivity contribution in [3.63, 3.8) is 0 Å². The van der Waals surface area contributed by atoms with Gasteiger partial charge < -0.3 is 9.47 Å². The fourth-order valence-corrected chi connectivity index (χ4v) is 2.49. The van der Waals surface area contributed by atoms with Crippen molar-refractivity contribution in [3.8, 4) is 0 Å². The number of hydrogen-bond acceptors (Lipinski definition) is 5. The van der Waals surface area contributed by atoms with Crippen molar-refractivity contribution < 1.29 is 26.5 Å². The van der Waals surface area contributed by atoms with Gasteiger partial charge in [0.05, 0.1) is 5.56 Å². The fraction of sp³-hybridized carbons (Fsp3) is 0.125. The molecule has 24 heavy (non-hydrogen) atoms. The summed E-state index contributed by atoms with van der Waals surface area (Å²) in [5.74, 6) is -0.411. The molecule has 3 rings (SSSR count). The van der Waals surface area contributed by atoms with E-state index in [9.17, 15) is 12.8 Å². The maximum atomic E-state index is 14.1. The van der Waals surface area contributed by atoms with E-state index < -0.39 is 29.0 Å². The summed E-state index contributed by atoms with van der Waals surface area (Å²) in [6.07, 6.45) is -0.833. The molecular formula is C16H14FNO5S. The molecule has 1 aliphatic rings. The lowest BCUT2D eigenvalue weighted by molar-refractivity contribution is -0.0325. The molecule has 2 N–H and O–H groups in total. The Morgan fingerprint density at radius 3 is 2.38 bits per heavy atom. The molecule has 0 saturated heterocycles. The van der Waals surface area contributed by atoms with Crippen LogP contribution in [0.4, 0.5) is 4.39 Å². The summed E-state index contributed by atoms with van der Waals surface area (Å²) in [5, 5.41) is 4.83. The molecule has 8 heteroatoms. The second-order valence-electron chi connectivity index (χ2n) is 4.97. The van der Waals surface area contributed by atoms with Gasteiger partial charge in [-0.3, -0.25) is 0 Å². The summed E-state index contributed by atoms with van der Waals surface area (Å²) < 4.78 is 51.9. The van der Waals surface area contributed by atoms with E-state index in [1.807, 2.05) is 6.07 Å². The Labute approximate surface area is 138 Å². The average Bonchev–Trinajstić information content (AvgIpc) is 2.98. The number of halogens is 1. The minimum atomic E-state index is -4.17. The molecule has 0 aromatic heterocycles. The highest BCUT2D eigenvalue weighted by Crippen LogP contribution is 2.39. The van der Waals surface area contributed by atoms with Gasteiger partial charge >= 0.3 is 10.3 Å². The molecular weight excluding hydrogens is 337 g/mol. The van der Waals surface area contributed by atoms with E-state index in [4.69, 9.17) is 14.6 Å². The molecule has 0 saturated carbocycles. The van der Waals surface area contributed by atoms with Crippen molar-refractivity contribution in [1.29, 1.82) is 0 Å². The largest absolute Gasteiger partial charge is 0.449 e. The van der Waals surface area contributed by atoms with E-state index in [0.29, 0.717) is 5.56 Å². The summed E-state index contributed by atoms with van der Waals surface area (Å²) in [5.41, 5.74) is 0.834. The number of benzene rings is 2. The second-order valence-corrected chi connectivity index (χ2v) is 6.19. The van der Waals surface area contributed by atoms with Gasteiger partial charge in [0, 0.05) is 5.56 Å². The second kappa shape index (κ2) is 6.60. The van der Waals surface area contributed by atoms with E-state index >= 15 is 0 Å². The molecule has 1 aliphatic heterocycles. The van der Waals surface area contributed by atoms with Crippen LogP contribution in [-0.2, 0) is 24.0 Å². The number of nitrogens with two attached hydrogens (primary N) is 1. The van der Waals surface area contributed by atoms with Crippen molar-refractivity contribution in [2.45, 2.75) is 6.29 Å². The molecule has 0 radical (unpaired) electrons. The molecule has 0 spiro atoms. The summed E-state index contributed by atoms with van der Waals surface area (Å²) in [6.45, 7) is -0.494. The van der Waals surface area contributed by atoms with E-state index in [1.165, 1.54) is 18.2 Å². The zero-order chi connectivity index (χ0) is 17.2. The third kappa shape index (κ3) is 3.73. The van der Waals surface area contributed by atoms with Crippen LogP contribution in [0, 0.1) is 5.82 Å². The van der Waals surface area contributed by atoms with Gasteiger partial charge in [-0.25, -0.2) is 13.7 Å². The first kappa shape index (κ1) is 16.4. The summed E-state index contributed by atoms with van der Waals surface area (Å²) >= 11 is 0. The minimum absolute atomic E-state index is 0.0444. The molecule has 1 heterocycles. The maximum absolute atomic E-state index is 14.1. The van der Waals surface area contributed by atoms with Gasteiger partial charge in [0.15, 0.2) is 11.5 Å². The molecule has 1 atom stereocenters. The van der Waals surface area contributed by atoms with Crippen molar-refractivity contribution >= 4 is 16.1 Å². The summed E-state index contributed by atoms with van der Waals surface area (Å²) in [7, 11) is -4.17. The first-order valence-electron chi connectivity index (χ1n) is 6.97. The van der Waals surface area contributed by atoms with Gasteiger partial charge in [-0.1, -0.05) is 42.5 Å². The minimum Gasteiger partial charge on any atom is -0.449 e. The van der Waals surface area contributed by atoms with Gasteiger partial charge in [0.2, 0.25) is 0 Å². The monoisotopic (exact) mass is 351 g/mol. The van der Waals surface area contributed by atoms with Crippen LogP contribution in [0.25, 0.3) is 5.76 Å². The van der Waals surface area contributed by atoms with Gasteiger partial charge in [0.1, 0.15) is 12.4 Å². The normalized spacial score (nSPS) is 17.5. The van der Waals surface area contributed by atoms with Crippen LogP contribution in [-0.4, -0.2) is 15.0 Å². The van der Waals surface area contributed by atoms with E-state index in [0.717, 1.165) is 0 Å². The molecule has 1 unspecified atom stereocenters. The third-order valence-corrected chi connectivity index (χ3v) is 3.72. The summed E-state index contributed by atoms with van der Waals surface area (Å²) in [4.78, 5) is 0. The van der Waals surface area contributed by atoms with Crippen LogP contribution < -0.4 is 5.14 Å². The lowest BCUT2D eigenvalue weighted by atomic mass is 10.1. The molecule has 0 aliphatic carbocycles. The topological polar surface area (TPSA) is 87.9 Å². The Kier molecular flexibility index (Phi) is 4.52. The lowest BCUT2D eigenvalue weighted by Gasteiger charge is -2.12. The Morgan fingerprint density at radius 1 is 1.04 bits per heavy atom. The van der Waals surface area contributed by atoms with Crippen LogP contribution in [0.5, 0.6) is 0 Å². The Morgan fingerprint density at radius 2 is 1.71 bits per heavy atom. The molecule has 0 amide bonds. The summed E-state index contributed by atoms with van der Waals surface area (Å²) in [6, 6.07) is 14.9. The first-order valence-corrected chi connectivity index (χ1v) is 8.44. The highest BCUT2D eigenvalue weighted by atomic mass is 32.2. The SMILES string of the molecule is NS(=O)(=O)OCC1=C(c2ccccc2F)OC(c2ccccc2)O1. The van der Waals surface area contributed by atoms with Crippen LogP contribution in [0.3, 0.4) is 0 Å². The quantitative estimate of drug-likeness (QED) is 0.894. The van der Waals surface area contributed by atoms with Gasteiger partial charge in [-0.2, -0.15) is 8.42 Å². The van der Waals surface area contributed by atoms with Crippen LogP contribution in [0.15, 0.2) is 60.4 Å². The Balaban J connectivity index is 1.93. The molecule has 6 nitrogen and oxygen atoms in total. The fourth-order valence-electron chi connectivity index (χ4n) is 2.22. The molecule has 2 aromatic rings. The lowest BCUT2D eigenvalue weighted by Crippen LogP contribution is -2.17. The molecule has 0 fully saturated rings. The van der Waals surface area contributed by atoms with Gasteiger partial charge in [-0.05, 0) is 12.1 Å². The van der Waals surface area contributed by atoms with Crippen LogP contribution >= 0.6 is 0 Å². The standard InChI is InChI=1S/C16H14FNO5S/c17-13-9-5-4-8-12(13)15-14(10-21-24(18,19)20)22-16(23-15)11-6-2-1-3-7-11/h1-9,16H,10H2,(H2,18,19,20). The predicted molar refractivity (Wildman–Crippen MR) is 83.7 cm³/mol. The maximum Gasteiger partial charge on any atom is 0.333 e. The van der Waals surface area contributed by atoms with Crippen LogP contribution in [0.2, 0.25) is 0 Å². The van der Waals surface area contributed by atoms with E-state index in [1.54, 1.807) is 30.3 Å². The van der Waals surface area contributed by atoms with E-state index in [-0.39, 0.29) is 17.1 Å². The molecule has 2 aromatic carbocycles. The third-order valence-electron chi connectivity index (χ3n) is 3.27. The van der Waals surface area contributed by atoms with Crippen molar-refractivity contribution in [2.75, 3.05) is 6.61 Å². The number of ether oxygens (including phenoxy) is 2. The number of hydrogen-bond donors (Lipinski definition) is 1. The molecule has 126 valence electrons. The number of rotatable bonds is 5. The Hall–Kier alpha value is -2.42.